The van der Waals surface area contributed by atoms with Gasteiger partial charge in [0.1, 0.15) is 0 Å². The minimum Gasteiger partial charge on any atom is -0.481 e. The van der Waals surface area contributed by atoms with Gasteiger partial charge in [0.2, 0.25) is 0 Å². The van der Waals surface area contributed by atoms with Gasteiger partial charge in [-0.25, -0.2) is 0 Å². The molecular formula is C12H17NO2. The summed E-state index contributed by atoms with van der Waals surface area (Å²) in [4.78, 5) is 10.7. The Labute approximate surface area is 89.9 Å². The Hall–Kier alpha value is -1.35. The number of carboxylic acid groups (broad SMARTS) is 1. The molecule has 0 aliphatic carbocycles. The minimum absolute atomic E-state index is 0.0725. The highest BCUT2D eigenvalue weighted by Gasteiger charge is 2.30. The summed E-state index contributed by atoms with van der Waals surface area (Å²) >= 11 is 0. The lowest BCUT2D eigenvalue weighted by atomic mass is 9.78. The number of hydrogen-bond donors (Lipinski definition) is 2. The van der Waals surface area contributed by atoms with Crippen molar-refractivity contribution in [3.8, 4) is 0 Å². The highest BCUT2D eigenvalue weighted by Crippen LogP contribution is 2.34. The molecule has 3 N–H and O–H groups in total. The summed E-state index contributed by atoms with van der Waals surface area (Å²) in [6, 6.07) is 9.33. The van der Waals surface area contributed by atoms with E-state index in [0.29, 0.717) is 0 Å². The van der Waals surface area contributed by atoms with Crippen molar-refractivity contribution >= 4 is 5.97 Å². The van der Waals surface area contributed by atoms with Crippen LogP contribution in [0.25, 0.3) is 0 Å². The van der Waals surface area contributed by atoms with E-state index < -0.39 is 11.4 Å². The summed E-state index contributed by atoms with van der Waals surface area (Å²) in [7, 11) is 0. The zero-order valence-corrected chi connectivity index (χ0v) is 9.10. The van der Waals surface area contributed by atoms with Gasteiger partial charge in [-0.2, -0.15) is 0 Å². The Morgan fingerprint density at radius 1 is 1.40 bits per heavy atom. The van der Waals surface area contributed by atoms with Gasteiger partial charge in [-0.05, 0) is 11.0 Å². The standard InChI is InChI=1S/C12H17NO2/c1-12(2,8-10(14)15)11(13)9-6-4-3-5-7-9/h3-7,11H,8,13H2,1-2H3,(H,14,15). The van der Waals surface area contributed by atoms with E-state index >= 15 is 0 Å². The first-order valence-corrected chi connectivity index (χ1v) is 4.96. The second-order valence-electron chi connectivity index (χ2n) is 4.45. The van der Waals surface area contributed by atoms with Crippen LogP contribution in [0.2, 0.25) is 0 Å². The largest absolute Gasteiger partial charge is 0.481 e. The van der Waals surface area contributed by atoms with Crippen molar-refractivity contribution in [1.29, 1.82) is 0 Å². The summed E-state index contributed by atoms with van der Waals surface area (Å²) in [5.74, 6) is -0.814. The molecule has 0 radical (unpaired) electrons. The average molecular weight is 207 g/mol. The highest BCUT2D eigenvalue weighted by molar-refractivity contribution is 5.67. The second-order valence-corrected chi connectivity index (χ2v) is 4.45. The Morgan fingerprint density at radius 2 is 1.93 bits per heavy atom. The molecule has 0 saturated carbocycles. The third kappa shape index (κ3) is 3.06. The third-order valence-corrected chi connectivity index (χ3v) is 2.61. The van der Waals surface area contributed by atoms with Gasteiger partial charge in [0, 0.05) is 6.04 Å². The van der Waals surface area contributed by atoms with Crippen molar-refractivity contribution in [3.05, 3.63) is 35.9 Å². The first-order valence-electron chi connectivity index (χ1n) is 4.96. The SMILES string of the molecule is CC(C)(CC(=O)O)C(N)c1ccccc1. The number of rotatable bonds is 4. The van der Waals surface area contributed by atoms with Crippen LogP contribution in [0.4, 0.5) is 0 Å². The molecule has 0 saturated heterocycles. The fraction of sp³-hybridized carbons (Fsp3) is 0.417. The summed E-state index contributed by atoms with van der Waals surface area (Å²) in [6.45, 7) is 3.75. The van der Waals surface area contributed by atoms with Crippen LogP contribution in [0.1, 0.15) is 31.9 Å². The Balaban J connectivity index is 2.84. The molecule has 1 aromatic carbocycles. The summed E-state index contributed by atoms with van der Waals surface area (Å²) in [5.41, 5.74) is 6.60. The number of aliphatic carboxylic acids is 1. The fourth-order valence-electron chi connectivity index (χ4n) is 1.61. The molecule has 0 amide bonds. The Morgan fingerprint density at radius 3 is 2.40 bits per heavy atom. The number of carboxylic acids is 1. The third-order valence-electron chi connectivity index (χ3n) is 2.61. The molecule has 0 aromatic heterocycles. The highest BCUT2D eigenvalue weighted by atomic mass is 16.4. The fourth-order valence-corrected chi connectivity index (χ4v) is 1.61. The number of carbonyl (C=O) groups is 1. The topological polar surface area (TPSA) is 63.3 Å². The van der Waals surface area contributed by atoms with Crippen molar-refractivity contribution in [2.24, 2.45) is 11.1 Å². The lowest BCUT2D eigenvalue weighted by Crippen LogP contribution is -2.31. The number of benzene rings is 1. The minimum atomic E-state index is -0.814. The van der Waals surface area contributed by atoms with Crippen molar-refractivity contribution in [3.63, 3.8) is 0 Å². The van der Waals surface area contributed by atoms with Crippen LogP contribution in [0.5, 0.6) is 0 Å². The number of nitrogens with two attached hydrogens (primary N) is 1. The van der Waals surface area contributed by atoms with E-state index in [2.05, 4.69) is 0 Å². The first kappa shape index (κ1) is 11.7. The van der Waals surface area contributed by atoms with Gasteiger partial charge in [-0.3, -0.25) is 4.79 Å². The van der Waals surface area contributed by atoms with Crippen molar-refractivity contribution in [1.82, 2.24) is 0 Å². The zero-order chi connectivity index (χ0) is 11.5. The molecule has 82 valence electrons. The number of hydrogen-bond acceptors (Lipinski definition) is 2. The van der Waals surface area contributed by atoms with Crippen LogP contribution in [-0.4, -0.2) is 11.1 Å². The van der Waals surface area contributed by atoms with Crippen LogP contribution < -0.4 is 5.73 Å². The second kappa shape index (κ2) is 4.45. The molecule has 0 aliphatic heterocycles. The van der Waals surface area contributed by atoms with E-state index in [-0.39, 0.29) is 12.5 Å². The quantitative estimate of drug-likeness (QED) is 0.795. The molecule has 1 aromatic rings. The molecule has 1 atom stereocenters. The van der Waals surface area contributed by atoms with Crippen LogP contribution in [-0.2, 0) is 4.79 Å². The van der Waals surface area contributed by atoms with E-state index in [9.17, 15) is 4.79 Å². The van der Waals surface area contributed by atoms with Crippen molar-refractivity contribution in [2.45, 2.75) is 26.3 Å². The molecular weight excluding hydrogens is 190 g/mol. The molecule has 1 unspecified atom stereocenters. The molecule has 3 nitrogen and oxygen atoms in total. The van der Waals surface area contributed by atoms with Crippen LogP contribution >= 0.6 is 0 Å². The molecule has 3 heteroatoms. The zero-order valence-electron chi connectivity index (χ0n) is 9.10. The van der Waals surface area contributed by atoms with Gasteiger partial charge in [0.15, 0.2) is 0 Å². The maximum atomic E-state index is 10.7. The van der Waals surface area contributed by atoms with Gasteiger partial charge >= 0.3 is 5.97 Å². The van der Waals surface area contributed by atoms with E-state index in [4.69, 9.17) is 10.8 Å². The molecule has 0 bridgehead atoms. The summed E-state index contributed by atoms with van der Waals surface area (Å²) in [5, 5.41) is 8.79. The Bertz CT molecular complexity index is 333. The van der Waals surface area contributed by atoms with E-state index in [1.54, 1.807) is 0 Å². The molecule has 0 spiro atoms. The van der Waals surface area contributed by atoms with Gasteiger partial charge in [-0.15, -0.1) is 0 Å². The lowest BCUT2D eigenvalue weighted by Gasteiger charge is -2.30. The molecule has 0 aliphatic rings. The summed E-state index contributed by atoms with van der Waals surface area (Å²) in [6.07, 6.45) is 0.0725. The van der Waals surface area contributed by atoms with Crippen LogP contribution in [0.15, 0.2) is 30.3 Å². The molecule has 0 fully saturated rings. The molecule has 15 heavy (non-hydrogen) atoms. The van der Waals surface area contributed by atoms with Gasteiger partial charge < -0.3 is 10.8 Å². The Kier molecular flexibility index (Phi) is 3.48. The monoisotopic (exact) mass is 207 g/mol. The maximum Gasteiger partial charge on any atom is 0.303 e. The molecule has 0 heterocycles. The van der Waals surface area contributed by atoms with Crippen LogP contribution in [0.3, 0.4) is 0 Å². The first-order chi connectivity index (χ1) is 6.93. The predicted molar refractivity (Wildman–Crippen MR) is 59.4 cm³/mol. The molecule has 1 rings (SSSR count). The lowest BCUT2D eigenvalue weighted by molar-refractivity contribution is -0.139. The van der Waals surface area contributed by atoms with E-state index in [1.807, 2.05) is 44.2 Å². The summed E-state index contributed by atoms with van der Waals surface area (Å²) < 4.78 is 0. The normalized spacial score (nSPS) is 13.5. The van der Waals surface area contributed by atoms with Crippen molar-refractivity contribution in [2.75, 3.05) is 0 Å². The van der Waals surface area contributed by atoms with Gasteiger partial charge in [-0.1, -0.05) is 44.2 Å². The van der Waals surface area contributed by atoms with E-state index in [0.717, 1.165) is 5.56 Å². The van der Waals surface area contributed by atoms with Gasteiger partial charge in [0.25, 0.3) is 0 Å². The van der Waals surface area contributed by atoms with Gasteiger partial charge in [0.05, 0.1) is 6.42 Å². The maximum absolute atomic E-state index is 10.7. The van der Waals surface area contributed by atoms with Crippen molar-refractivity contribution < 1.29 is 9.90 Å². The predicted octanol–water partition coefficient (Wildman–Crippen LogP) is 2.19. The average Bonchev–Trinajstić information content (AvgIpc) is 2.16. The smallest absolute Gasteiger partial charge is 0.303 e. The van der Waals surface area contributed by atoms with E-state index in [1.165, 1.54) is 0 Å². The van der Waals surface area contributed by atoms with Crippen LogP contribution in [0, 0.1) is 5.41 Å².